The molecule has 0 aliphatic carbocycles. The van der Waals surface area contributed by atoms with E-state index in [0.29, 0.717) is 39.8 Å². The Hall–Kier alpha value is -3.07. The molecule has 1 atom stereocenters. The van der Waals surface area contributed by atoms with E-state index in [2.05, 4.69) is 47.9 Å². The SMILES string of the molecule is COc1nc2ccc(C(O)(c3ccc(C)nc3C)c3cnnn3C)cc2c(Cl)c1CN1C(C)(C)CCCC1(C)C. The van der Waals surface area contributed by atoms with E-state index in [1.807, 2.05) is 44.2 Å². The van der Waals surface area contributed by atoms with Crippen LogP contribution in [0.2, 0.25) is 5.02 Å². The molecule has 40 heavy (non-hydrogen) atoms. The molecular formula is C31H39ClN6O2. The number of methoxy groups -OCH3 is 1. The van der Waals surface area contributed by atoms with Crippen LogP contribution < -0.4 is 4.74 Å². The number of benzene rings is 1. The van der Waals surface area contributed by atoms with Crippen LogP contribution in [0.15, 0.2) is 36.5 Å². The fourth-order valence-corrected chi connectivity index (χ4v) is 6.82. The molecule has 0 radical (unpaired) electrons. The van der Waals surface area contributed by atoms with Gasteiger partial charge >= 0.3 is 0 Å². The number of aromatic nitrogens is 5. The van der Waals surface area contributed by atoms with E-state index in [1.165, 1.54) is 6.42 Å². The van der Waals surface area contributed by atoms with Gasteiger partial charge in [0.1, 0.15) is 0 Å². The molecule has 0 saturated carbocycles. The minimum atomic E-state index is -1.57. The summed E-state index contributed by atoms with van der Waals surface area (Å²) >= 11 is 7.24. The molecule has 3 aromatic heterocycles. The molecule has 9 heteroatoms. The van der Waals surface area contributed by atoms with Gasteiger partial charge in [-0.3, -0.25) is 9.88 Å². The van der Waals surface area contributed by atoms with Crippen LogP contribution in [0.25, 0.3) is 10.9 Å². The maximum absolute atomic E-state index is 12.5. The molecule has 8 nitrogen and oxygen atoms in total. The molecule has 1 aliphatic rings. The number of ether oxygens (including phenoxy) is 1. The predicted octanol–water partition coefficient (Wildman–Crippen LogP) is 5.86. The highest BCUT2D eigenvalue weighted by Crippen LogP contribution is 2.44. The van der Waals surface area contributed by atoms with Crippen molar-refractivity contribution in [2.45, 2.75) is 84.0 Å². The molecule has 212 valence electrons. The van der Waals surface area contributed by atoms with Crippen LogP contribution in [0.3, 0.4) is 0 Å². The van der Waals surface area contributed by atoms with Gasteiger partial charge in [0.15, 0.2) is 5.60 Å². The van der Waals surface area contributed by atoms with Gasteiger partial charge in [0.25, 0.3) is 0 Å². The Morgan fingerprint density at radius 1 is 1.05 bits per heavy atom. The second kappa shape index (κ2) is 10.1. The number of hydrogen-bond acceptors (Lipinski definition) is 7. The first-order valence-corrected chi connectivity index (χ1v) is 14.1. The van der Waals surface area contributed by atoms with E-state index in [-0.39, 0.29) is 11.1 Å². The average Bonchev–Trinajstić information content (AvgIpc) is 3.32. The summed E-state index contributed by atoms with van der Waals surface area (Å²) in [6.45, 7) is 13.6. The summed E-state index contributed by atoms with van der Waals surface area (Å²) in [4.78, 5) is 12.0. The van der Waals surface area contributed by atoms with Crippen molar-refractivity contribution in [1.29, 1.82) is 0 Å². The van der Waals surface area contributed by atoms with Gasteiger partial charge < -0.3 is 9.84 Å². The highest BCUT2D eigenvalue weighted by molar-refractivity contribution is 6.36. The summed E-state index contributed by atoms with van der Waals surface area (Å²) in [6, 6.07) is 9.48. The number of halogens is 1. The number of nitrogens with zero attached hydrogens (tertiary/aromatic N) is 6. The molecule has 4 heterocycles. The minimum Gasteiger partial charge on any atom is -0.481 e. The molecule has 5 rings (SSSR count). The largest absolute Gasteiger partial charge is 0.481 e. The van der Waals surface area contributed by atoms with Crippen LogP contribution in [0.1, 0.15) is 80.7 Å². The van der Waals surface area contributed by atoms with Crippen LogP contribution in [-0.4, -0.2) is 53.2 Å². The number of fused-ring (bicyclic) bond motifs is 1. The van der Waals surface area contributed by atoms with Crippen molar-refractivity contribution < 1.29 is 9.84 Å². The molecule has 4 aromatic rings. The number of rotatable bonds is 6. The molecule has 1 unspecified atom stereocenters. The minimum absolute atomic E-state index is 0.00432. The van der Waals surface area contributed by atoms with Crippen molar-refractivity contribution in [2.24, 2.45) is 7.05 Å². The summed E-state index contributed by atoms with van der Waals surface area (Å²) in [7, 11) is 3.40. The number of aryl methyl sites for hydroxylation is 3. The van der Waals surface area contributed by atoms with Gasteiger partial charge in [0, 0.05) is 52.6 Å². The Kier molecular flexibility index (Phi) is 7.18. The Labute approximate surface area is 241 Å². The standard InChI is InChI=1S/C31H39ClN6O2/c1-19-10-12-24(20(2)34-19)31(39,26-17-33-36-37(26)7)21-11-13-25-22(16-21)27(32)23(28(35-25)40-8)18-38-29(3,4)14-9-15-30(38,5)6/h10-13,16-17,39H,9,14-15,18H2,1-8H3. The zero-order valence-corrected chi connectivity index (χ0v) is 25.5. The molecule has 1 fully saturated rings. The van der Waals surface area contributed by atoms with E-state index >= 15 is 0 Å². The maximum atomic E-state index is 12.5. The first kappa shape index (κ1) is 28.5. The second-order valence-electron chi connectivity index (χ2n) is 12.2. The predicted molar refractivity (Wildman–Crippen MR) is 158 cm³/mol. The van der Waals surface area contributed by atoms with E-state index in [9.17, 15) is 5.11 Å². The van der Waals surface area contributed by atoms with E-state index in [4.69, 9.17) is 21.3 Å². The van der Waals surface area contributed by atoms with Crippen LogP contribution >= 0.6 is 11.6 Å². The summed E-state index contributed by atoms with van der Waals surface area (Å²) < 4.78 is 7.37. The highest BCUT2D eigenvalue weighted by atomic mass is 35.5. The van der Waals surface area contributed by atoms with Crippen LogP contribution in [-0.2, 0) is 19.2 Å². The first-order valence-electron chi connectivity index (χ1n) is 13.8. The lowest BCUT2D eigenvalue weighted by atomic mass is 9.79. The number of pyridine rings is 2. The molecular weight excluding hydrogens is 524 g/mol. The molecule has 1 saturated heterocycles. The second-order valence-corrected chi connectivity index (χ2v) is 12.6. The van der Waals surface area contributed by atoms with Gasteiger partial charge in [0.2, 0.25) is 5.88 Å². The Morgan fingerprint density at radius 2 is 1.75 bits per heavy atom. The summed E-state index contributed by atoms with van der Waals surface area (Å²) in [5.74, 6) is 0.520. The third kappa shape index (κ3) is 4.66. The molecule has 0 spiro atoms. The van der Waals surface area contributed by atoms with Crippen molar-refractivity contribution in [3.63, 3.8) is 0 Å². The number of aliphatic hydroxyl groups is 1. The van der Waals surface area contributed by atoms with Gasteiger partial charge in [-0.2, -0.15) is 0 Å². The quantitative estimate of drug-likeness (QED) is 0.314. The molecule has 1 aliphatic heterocycles. The van der Waals surface area contributed by atoms with E-state index in [1.54, 1.807) is 25.0 Å². The normalized spacial score (nSPS) is 18.6. The third-order valence-corrected chi connectivity index (χ3v) is 9.08. The number of piperidine rings is 1. The topological polar surface area (TPSA) is 89.2 Å². The zero-order chi connectivity index (χ0) is 29.0. The highest BCUT2D eigenvalue weighted by Gasteiger charge is 2.42. The number of hydrogen-bond donors (Lipinski definition) is 1. The van der Waals surface area contributed by atoms with Crippen LogP contribution in [0, 0.1) is 13.8 Å². The fraction of sp³-hybridized carbons (Fsp3) is 0.484. The molecule has 0 bridgehead atoms. The Balaban J connectivity index is 1.72. The third-order valence-electron chi connectivity index (χ3n) is 8.64. The van der Waals surface area contributed by atoms with Crippen molar-refractivity contribution in [3.8, 4) is 5.88 Å². The van der Waals surface area contributed by atoms with E-state index < -0.39 is 5.60 Å². The lowest BCUT2D eigenvalue weighted by Gasteiger charge is -2.53. The monoisotopic (exact) mass is 562 g/mol. The lowest BCUT2D eigenvalue weighted by Crippen LogP contribution is -2.57. The van der Waals surface area contributed by atoms with Crippen molar-refractivity contribution in [1.82, 2.24) is 29.9 Å². The van der Waals surface area contributed by atoms with Crippen molar-refractivity contribution >= 4 is 22.5 Å². The zero-order valence-electron chi connectivity index (χ0n) is 24.7. The maximum Gasteiger partial charge on any atom is 0.219 e. The number of likely N-dealkylation sites (tertiary alicyclic amines) is 1. The molecule has 1 N–H and O–H groups in total. The van der Waals surface area contributed by atoms with Crippen molar-refractivity contribution in [3.05, 3.63) is 75.3 Å². The summed E-state index contributed by atoms with van der Waals surface area (Å²) in [5, 5.41) is 22.0. The van der Waals surface area contributed by atoms with Gasteiger partial charge in [0.05, 0.1) is 29.5 Å². The van der Waals surface area contributed by atoms with Crippen LogP contribution in [0.5, 0.6) is 5.88 Å². The fourth-order valence-electron chi connectivity index (χ4n) is 6.53. The first-order chi connectivity index (χ1) is 18.8. The lowest BCUT2D eigenvalue weighted by molar-refractivity contribution is -0.0344. The molecule has 0 amide bonds. The van der Waals surface area contributed by atoms with Gasteiger partial charge in [-0.15, -0.1) is 5.10 Å². The van der Waals surface area contributed by atoms with Gasteiger partial charge in [-0.05, 0) is 84.6 Å². The summed E-state index contributed by atoms with van der Waals surface area (Å²) in [6.07, 6.45) is 4.99. The molecule has 1 aromatic carbocycles. The van der Waals surface area contributed by atoms with Crippen LogP contribution in [0.4, 0.5) is 0 Å². The van der Waals surface area contributed by atoms with E-state index in [0.717, 1.165) is 35.2 Å². The Morgan fingerprint density at radius 3 is 2.35 bits per heavy atom. The van der Waals surface area contributed by atoms with Gasteiger partial charge in [-0.1, -0.05) is 28.9 Å². The Bertz CT molecular complexity index is 1560. The van der Waals surface area contributed by atoms with Crippen molar-refractivity contribution in [2.75, 3.05) is 7.11 Å². The van der Waals surface area contributed by atoms with Gasteiger partial charge in [-0.25, -0.2) is 9.67 Å². The average molecular weight is 563 g/mol. The smallest absolute Gasteiger partial charge is 0.219 e. The summed E-state index contributed by atoms with van der Waals surface area (Å²) in [5.41, 5.74) is 3.34.